The third-order valence-electron chi connectivity index (χ3n) is 2.10. The fourth-order valence-corrected chi connectivity index (χ4v) is 1.38. The Kier molecular flexibility index (Phi) is 2.69. The van der Waals surface area contributed by atoms with Crippen molar-refractivity contribution < 1.29 is 14.3 Å². The van der Waals surface area contributed by atoms with Crippen molar-refractivity contribution in [2.75, 3.05) is 7.11 Å². The lowest BCUT2D eigenvalue weighted by atomic mass is 10.1. The first kappa shape index (κ1) is 9.73. The predicted molar refractivity (Wildman–Crippen MR) is 53.6 cm³/mol. The number of nitrogens with zero attached hydrogens (tertiary/aromatic N) is 1. The van der Waals surface area contributed by atoms with Crippen LogP contribution in [0, 0.1) is 0 Å². The standard InChI is InChI=1S/C11H11NO3/c1-14-11-8(4-2-6-12-11)10(13)9-5-3-7-15-9/h2-7,10,13H,1H3. The molecule has 0 amide bonds. The summed E-state index contributed by atoms with van der Waals surface area (Å²) < 4.78 is 10.2. The highest BCUT2D eigenvalue weighted by molar-refractivity contribution is 5.32. The second-order valence-electron chi connectivity index (χ2n) is 3.02. The van der Waals surface area contributed by atoms with E-state index in [-0.39, 0.29) is 0 Å². The van der Waals surface area contributed by atoms with Gasteiger partial charge in [-0.2, -0.15) is 0 Å². The molecule has 0 radical (unpaired) electrons. The number of aliphatic hydroxyl groups is 1. The smallest absolute Gasteiger partial charge is 0.219 e. The molecule has 0 aromatic carbocycles. The van der Waals surface area contributed by atoms with Crippen LogP contribution < -0.4 is 4.74 Å². The lowest BCUT2D eigenvalue weighted by Crippen LogP contribution is -2.02. The summed E-state index contributed by atoms with van der Waals surface area (Å²) in [6, 6.07) is 6.92. The van der Waals surface area contributed by atoms with Gasteiger partial charge in [0.25, 0.3) is 0 Å². The number of aromatic nitrogens is 1. The summed E-state index contributed by atoms with van der Waals surface area (Å²) in [6.07, 6.45) is 2.28. The van der Waals surface area contributed by atoms with E-state index in [1.807, 2.05) is 0 Å². The highest BCUT2D eigenvalue weighted by Gasteiger charge is 2.17. The van der Waals surface area contributed by atoms with Gasteiger partial charge in [0.2, 0.25) is 5.88 Å². The molecule has 0 bridgehead atoms. The van der Waals surface area contributed by atoms with Crippen LogP contribution in [0.25, 0.3) is 0 Å². The third kappa shape index (κ3) is 1.85. The van der Waals surface area contributed by atoms with E-state index in [9.17, 15) is 5.11 Å². The van der Waals surface area contributed by atoms with Crippen LogP contribution in [0.15, 0.2) is 41.1 Å². The number of furan rings is 1. The Morgan fingerprint density at radius 2 is 2.27 bits per heavy atom. The molecule has 0 saturated carbocycles. The van der Waals surface area contributed by atoms with E-state index in [1.54, 1.807) is 30.5 Å². The minimum absolute atomic E-state index is 0.404. The summed E-state index contributed by atoms with van der Waals surface area (Å²) in [4.78, 5) is 4.00. The van der Waals surface area contributed by atoms with Crippen LogP contribution in [0.3, 0.4) is 0 Å². The summed E-state index contributed by atoms with van der Waals surface area (Å²) in [6.45, 7) is 0. The monoisotopic (exact) mass is 205 g/mol. The van der Waals surface area contributed by atoms with Crippen LogP contribution in [0.2, 0.25) is 0 Å². The van der Waals surface area contributed by atoms with Crippen molar-refractivity contribution >= 4 is 0 Å². The molecule has 2 rings (SSSR count). The Bertz CT molecular complexity index is 425. The second-order valence-corrected chi connectivity index (χ2v) is 3.02. The van der Waals surface area contributed by atoms with Crippen molar-refractivity contribution in [1.29, 1.82) is 0 Å². The second kappa shape index (κ2) is 4.14. The van der Waals surface area contributed by atoms with Gasteiger partial charge in [-0.1, -0.05) is 0 Å². The van der Waals surface area contributed by atoms with E-state index in [0.717, 1.165) is 0 Å². The number of pyridine rings is 1. The van der Waals surface area contributed by atoms with Crippen molar-refractivity contribution in [1.82, 2.24) is 4.98 Å². The first-order valence-corrected chi connectivity index (χ1v) is 4.53. The lowest BCUT2D eigenvalue weighted by Gasteiger charge is -2.10. The van der Waals surface area contributed by atoms with Gasteiger partial charge in [0.05, 0.1) is 18.9 Å². The molecule has 0 aliphatic carbocycles. The van der Waals surface area contributed by atoms with Crippen molar-refractivity contribution in [2.24, 2.45) is 0 Å². The van der Waals surface area contributed by atoms with Crippen molar-refractivity contribution in [3.8, 4) is 5.88 Å². The largest absolute Gasteiger partial charge is 0.481 e. The number of ether oxygens (including phenoxy) is 1. The summed E-state index contributed by atoms with van der Waals surface area (Å²) in [7, 11) is 1.51. The van der Waals surface area contributed by atoms with Gasteiger partial charge in [0.1, 0.15) is 11.9 Å². The van der Waals surface area contributed by atoms with Gasteiger partial charge >= 0.3 is 0 Å². The normalized spacial score (nSPS) is 12.4. The molecule has 2 heterocycles. The molecule has 2 aromatic heterocycles. The predicted octanol–water partition coefficient (Wildman–Crippen LogP) is 1.76. The van der Waals surface area contributed by atoms with E-state index in [4.69, 9.17) is 9.15 Å². The lowest BCUT2D eigenvalue weighted by molar-refractivity contribution is 0.184. The fraction of sp³-hybridized carbons (Fsp3) is 0.182. The van der Waals surface area contributed by atoms with Crippen molar-refractivity contribution in [2.45, 2.75) is 6.10 Å². The SMILES string of the molecule is COc1ncccc1C(O)c1ccco1. The maximum Gasteiger partial charge on any atom is 0.219 e. The Hall–Kier alpha value is -1.81. The van der Waals surface area contributed by atoms with Gasteiger partial charge in [-0.15, -0.1) is 0 Å². The third-order valence-corrected chi connectivity index (χ3v) is 2.10. The van der Waals surface area contributed by atoms with Gasteiger partial charge in [-0.05, 0) is 24.3 Å². The van der Waals surface area contributed by atoms with E-state index >= 15 is 0 Å². The highest BCUT2D eigenvalue weighted by Crippen LogP contribution is 2.27. The number of rotatable bonds is 3. The van der Waals surface area contributed by atoms with Crippen molar-refractivity contribution in [3.63, 3.8) is 0 Å². The minimum atomic E-state index is -0.844. The Morgan fingerprint density at radius 1 is 1.40 bits per heavy atom. The number of aliphatic hydroxyl groups excluding tert-OH is 1. The van der Waals surface area contributed by atoms with E-state index < -0.39 is 6.10 Å². The molecule has 1 atom stereocenters. The maximum absolute atomic E-state index is 9.98. The van der Waals surface area contributed by atoms with Crippen LogP contribution >= 0.6 is 0 Å². The average Bonchev–Trinajstić information content (AvgIpc) is 2.81. The van der Waals surface area contributed by atoms with E-state index in [2.05, 4.69) is 4.98 Å². The summed E-state index contributed by atoms with van der Waals surface area (Å²) in [5.41, 5.74) is 0.593. The molecule has 0 aliphatic rings. The zero-order valence-electron chi connectivity index (χ0n) is 8.25. The van der Waals surface area contributed by atoms with Crippen LogP contribution in [0.4, 0.5) is 0 Å². The minimum Gasteiger partial charge on any atom is -0.481 e. The summed E-state index contributed by atoms with van der Waals surface area (Å²) in [5.74, 6) is 0.878. The quantitative estimate of drug-likeness (QED) is 0.829. The van der Waals surface area contributed by atoms with Crippen LogP contribution in [-0.2, 0) is 0 Å². The molecule has 4 nitrogen and oxygen atoms in total. The molecule has 15 heavy (non-hydrogen) atoms. The van der Waals surface area contributed by atoms with Gasteiger partial charge in [0, 0.05) is 6.20 Å². The topological polar surface area (TPSA) is 55.5 Å². The number of methoxy groups -OCH3 is 1. The van der Waals surface area contributed by atoms with Crippen molar-refractivity contribution in [3.05, 3.63) is 48.0 Å². The molecular formula is C11H11NO3. The van der Waals surface area contributed by atoms with Crippen LogP contribution in [0.5, 0.6) is 5.88 Å². The molecule has 1 N–H and O–H groups in total. The van der Waals surface area contributed by atoms with Crippen LogP contribution in [0.1, 0.15) is 17.4 Å². The zero-order valence-corrected chi connectivity index (χ0v) is 8.25. The molecule has 78 valence electrons. The fourth-order valence-electron chi connectivity index (χ4n) is 1.38. The molecular weight excluding hydrogens is 194 g/mol. The zero-order chi connectivity index (χ0) is 10.7. The molecule has 4 heteroatoms. The van der Waals surface area contributed by atoms with Crippen LogP contribution in [-0.4, -0.2) is 17.2 Å². The number of hydrogen-bond acceptors (Lipinski definition) is 4. The highest BCUT2D eigenvalue weighted by atomic mass is 16.5. The molecule has 0 fully saturated rings. The first-order chi connectivity index (χ1) is 7.33. The van der Waals surface area contributed by atoms with E-state index in [1.165, 1.54) is 13.4 Å². The first-order valence-electron chi connectivity index (χ1n) is 4.53. The Morgan fingerprint density at radius 3 is 2.93 bits per heavy atom. The molecule has 0 aliphatic heterocycles. The summed E-state index contributed by atoms with van der Waals surface area (Å²) in [5, 5.41) is 9.98. The molecule has 0 saturated heterocycles. The van der Waals surface area contributed by atoms with Gasteiger partial charge in [-0.25, -0.2) is 4.98 Å². The van der Waals surface area contributed by atoms with E-state index in [0.29, 0.717) is 17.2 Å². The Balaban J connectivity index is 2.37. The Labute approximate surface area is 87.1 Å². The maximum atomic E-state index is 9.98. The van der Waals surface area contributed by atoms with Gasteiger partial charge in [0.15, 0.2) is 0 Å². The average molecular weight is 205 g/mol. The molecule has 1 unspecified atom stereocenters. The summed E-state index contributed by atoms with van der Waals surface area (Å²) >= 11 is 0. The molecule has 0 spiro atoms. The number of hydrogen-bond donors (Lipinski definition) is 1. The molecule has 2 aromatic rings. The van der Waals surface area contributed by atoms with Gasteiger partial charge in [-0.3, -0.25) is 0 Å². The van der Waals surface area contributed by atoms with Gasteiger partial charge < -0.3 is 14.3 Å².